The van der Waals surface area contributed by atoms with Gasteiger partial charge in [0.05, 0.1) is 49.5 Å². The fourth-order valence-electron chi connectivity index (χ4n) is 16.0. The third kappa shape index (κ3) is 10.5. The second kappa shape index (κ2) is 22.6. The van der Waals surface area contributed by atoms with Crippen molar-refractivity contribution in [1.82, 2.24) is 0 Å². The van der Waals surface area contributed by atoms with Gasteiger partial charge in [0, 0.05) is 25.9 Å². The Kier molecular flexibility index (Phi) is 17.5. The van der Waals surface area contributed by atoms with E-state index in [9.17, 15) is 65.8 Å². The standard InChI is InChI=1S/C55H86O24/c1-24(58)72-29-19-53(7)26-11-12-32-51(4,5)33(14-17-52(32,6)25(26)13-18-55(53)44(29)54(8,79-49(55)67)16-10-15-50(2,3)68)75-48-43(34(61)27(59)22-71-48)78-46-37(64)36(63)41(31(21-57)74-46)77-45-38(65)40(28(60)23-70-45)76-47-39(66)42(69-9)35(62)30(20-56)73-47/h10-11,15,25,27-48,56-57,59-66,68H,12-14,16-23H2,1-9H3/b15-10+/t25?,27-,28-,29+,30-,31-,32?,33+,34+,35-,36-,37-,38-,39-,40+,41-,42+,43-,44-,45+,46+,47+,48+,52-,53+,54+,55-/m1/s1. The van der Waals surface area contributed by atoms with Crippen LogP contribution in [0.3, 0.4) is 0 Å². The molecule has 0 aromatic rings. The van der Waals surface area contributed by atoms with Crippen molar-refractivity contribution in [2.75, 3.05) is 33.5 Å². The van der Waals surface area contributed by atoms with Gasteiger partial charge in [0.25, 0.3) is 0 Å². The maximum Gasteiger partial charge on any atom is 0.314 e. The Bertz CT molecular complexity index is 2240. The quantitative estimate of drug-likeness (QED) is 0.0673. The molecule has 4 aliphatic carbocycles. The first kappa shape index (κ1) is 61.2. The molecule has 9 aliphatic rings. The van der Waals surface area contributed by atoms with Gasteiger partial charge < -0.3 is 108 Å². The minimum atomic E-state index is -1.96. The molecular formula is C55H86O24. The van der Waals surface area contributed by atoms with Gasteiger partial charge >= 0.3 is 11.9 Å². The Hall–Kier alpha value is -2.38. The van der Waals surface area contributed by atoms with Gasteiger partial charge in [-0.05, 0) is 82.0 Å². The number of hydrogen-bond acceptors (Lipinski definition) is 24. The molecule has 27 atom stereocenters. The van der Waals surface area contributed by atoms with Crippen LogP contribution in [0.4, 0.5) is 0 Å². The van der Waals surface area contributed by atoms with Crippen LogP contribution < -0.4 is 0 Å². The molecular weight excluding hydrogens is 1040 g/mol. The summed E-state index contributed by atoms with van der Waals surface area (Å²) in [7, 11) is 1.21. The van der Waals surface area contributed by atoms with E-state index in [4.69, 9.17) is 52.1 Å². The zero-order valence-electron chi connectivity index (χ0n) is 46.5. The molecule has 5 heterocycles. The van der Waals surface area contributed by atoms with Crippen LogP contribution in [0.25, 0.3) is 0 Å². The van der Waals surface area contributed by atoms with Crippen LogP contribution >= 0.6 is 0 Å². The van der Waals surface area contributed by atoms with E-state index < -0.39 is 182 Å². The summed E-state index contributed by atoms with van der Waals surface area (Å²) in [4.78, 5) is 27.4. The van der Waals surface area contributed by atoms with E-state index in [0.717, 1.165) is 0 Å². The summed E-state index contributed by atoms with van der Waals surface area (Å²) in [5, 5.41) is 120. The molecule has 3 saturated carbocycles. The predicted molar refractivity (Wildman–Crippen MR) is 268 cm³/mol. The van der Waals surface area contributed by atoms with E-state index in [1.54, 1.807) is 19.9 Å². The molecule has 450 valence electrons. The van der Waals surface area contributed by atoms with Crippen molar-refractivity contribution in [3.05, 3.63) is 23.8 Å². The van der Waals surface area contributed by atoms with E-state index in [1.807, 2.05) is 13.0 Å². The summed E-state index contributed by atoms with van der Waals surface area (Å²) in [6.45, 7) is 12.9. The number of fused-ring (bicyclic) bond motifs is 4. The average molecular weight is 1130 g/mol. The number of methoxy groups -OCH3 is 1. The Morgan fingerprint density at radius 1 is 0.734 bits per heavy atom. The highest BCUT2D eigenvalue weighted by molar-refractivity contribution is 5.84. The molecule has 9 rings (SSSR count). The number of aliphatic hydroxyl groups excluding tert-OH is 10. The molecule has 0 radical (unpaired) electrons. The third-order valence-corrected chi connectivity index (χ3v) is 19.8. The van der Waals surface area contributed by atoms with E-state index in [2.05, 4.69) is 33.8 Å². The minimum absolute atomic E-state index is 0.0263. The SMILES string of the molecule is CO[C@@H]1[C@@H](O)[C@H](O[C@@H]2[C@@H](O)[C@H](O[C@H]3[C@H](O)[C@@H](O)[C@H](O[C@H]4[C@H](O[C@H]5CC[C@]6(C)C7CC[C@]89C(=O)O[C@@](C)(C/C=C/C(C)(C)O)[C@H]8[C@@H](OC(C)=O)C[C@@]9(C)C7=CCC6C5(C)C)OC[C@@H](O)[C@@H]4O)O[C@@H]3CO)OC[C@H]2O)O[C@H](CO)[C@H]1O. The summed E-state index contributed by atoms with van der Waals surface area (Å²) < 4.78 is 65.5. The molecule has 5 saturated heterocycles. The topological polar surface area (TPSA) is 358 Å². The number of carbonyl (C=O) groups excluding carboxylic acids is 2. The molecule has 5 aliphatic heterocycles. The zero-order valence-corrected chi connectivity index (χ0v) is 46.5. The van der Waals surface area contributed by atoms with Gasteiger partial charge in [-0.15, -0.1) is 0 Å². The molecule has 0 amide bonds. The van der Waals surface area contributed by atoms with Gasteiger partial charge in [-0.3, -0.25) is 9.59 Å². The number of aliphatic hydroxyl groups is 11. The highest BCUT2D eigenvalue weighted by Crippen LogP contribution is 2.76. The van der Waals surface area contributed by atoms with E-state index in [0.29, 0.717) is 44.9 Å². The number of allylic oxidation sites excluding steroid dienone is 2. The highest BCUT2D eigenvalue weighted by atomic mass is 16.8. The van der Waals surface area contributed by atoms with E-state index in [1.165, 1.54) is 19.6 Å². The molecule has 24 nitrogen and oxygen atoms in total. The number of esters is 2. The lowest BCUT2D eigenvalue weighted by Crippen LogP contribution is -2.66. The highest BCUT2D eigenvalue weighted by Gasteiger charge is 2.79. The predicted octanol–water partition coefficient (Wildman–Crippen LogP) is -1.26. The lowest BCUT2D eigenvalue weighted by molar-refractivity contribution is -0.385. The van der Waals surface area contributed by atoms with Crippen molar-refractivity contribution >= 4 is 11.9 Å². The molecule has 0 bridgehead atoms. The number of cyclic esters (lactones) is 1. The van der Waals surface area contributed by atoms with Crippen molar-refractivity contribution in [2.45, 2.75) is 234 Å². The van der Waals surface area contributed by atoms with Gasteiger partial charge in [0.1, 0.15) is 97.2 Å². The fraction of sp³-hybridized carbons (Fsp3) is 0.891. The maximum atomic E-state index is 14.6. The molecule has 24 heteroatoms. The second-order valence-electron chi connectivity index (χ2n) is 25.6. The van der Waals surface area contributed by atoms with Crippen molar-refractivity contribution in [1.29, 1.82) is 0 Å². The van der Waals surface area contributed by atoms with Gasteiger partial charge in [0.2, 0.25) is 0 Å². The molecule has 0 aromatic heterocycles. The summed E-state index contributed by atoms with van der Waals surface area (Å²) in [6, 6.07) is 0. The molecule has 8 fully saturated rings. The summed E-state index contributed by atoms with van der Waals surface area (Å²) in [5.74, 6) is -1.08. The van der Waals surface area contributed by atoms with Gasteiger partial charge in [0.15, 0.2) is 25.2 Å². The number of carbonyl (C=O) groups is 2. The van der Waals surface area contributed by atoms with Crippen LogP contribution in [-0.4, -0.2) is 236 Å². The Labute approximate surface area is 459 Å². The van der Waals surface area contributed by atoms with Crippen LogP contribution in [0.5, 0.6) is 0 Å². The molecule has 0 aromatic carbocycles. The monoisotopic (exact) mass is 1130 g/mol. The van der Waals surface area contributed by atoms with Gasteiger partial charge in [-0.2, -0.15) is 0 Å². The molecule has 11 N–H and O–H groups in total. The lowest BCUT2D eigenvalue weighted by Gasteiger charge is -2.63. The van der Waals surface area contributed by atoms with Crippen LogP contribution in [0.15, 0.2) is 23.8 Å². The Morgan fingerprint density at radius 3 is 2.01 bits per heavy atom. The zero-order chi connectivity index (χ0) is 57.7. The Balaban J connectivity index is 0.887. The minimum Gasteiger partial charge on any atom is -0.462 e. The number of hydrogen-bond donors (Lipinski definition) is 11. The van der Waals surface area contributed by atoms with Crippen LogP contribution in [0.2, 0.25) is 0 Å². The summed E-state index contributed by atoms with van der Waals surface area (Å²) in [6.07, 6.45) is -20.2. The van der Waals surface area contributed by atoms with Gasteiger partial charge in [-0.25, -0.2) is 0 Å². The normalized spacial score (nSPS) is 50.7. The summed E-state index contributed by atoms with van der Waals surface area (Å²) in [5.41, 5.74) is -3.41. The Morgan fingerprint density at radius 2 is 1.35 bits per heavy atom. The lowest BCUT2D eigenvalue weighted by atomic mass is 9.41. The third-order valence-electron chi connectivity index (χ3n) is 19.8. The first-order valence-corrected chi connectivity index (χ1v) is 27.9. The fourth-order valence-corrected chi connectivity index (χ4v) is 16.0. The van der Waals surface area contributed by atoms with Crippen molar-refractivity contribution in [3.8, 4) is 0 Å². The second-order valence-corrected chi connectivity index (χ2v) is 25.6. The number of rotatable bonds is 15. The molecule has 1 spiro atoms. The maximum absolute atomic E-state index is 14.6. The van der Waals surface area contributed by atoms with Crippen LogP contribution in [0.1, 0.15) is 100 Å². The first-order chi connectivity index (χ1) is 37.0. The smallest absolute Gasteiger partial charge is 0.314 e. The van der Waals surface area contributed by atoms with Crippen molar-refractivity contribution < 1.29 is 118 Å². The molecule has 2 unspecified atom stereocenters. The number of ether oxygens (including phenoxy) is 11. The van der Waals surface area contributed by atoms with Crippen LogP contribution in [-0.2, 0) is 61.7 Å². The van der Waals surface area contributed by atoms with Crippen LogP contribution in [0, 0.1) is 39.4 Å². The molecule has 79 heavy (non-hydrogen) atoms. The van der Waals surface area contributed by atoms with E-state index in [-0.39, 0.29) is 29.8 Å². The van der Waals surface area contributed by atoms with E-state index >= 15 is 0 Å². The first-order valence-electron chi connectivity index (χ1n) is 27.9. The summed E-state index contributed by atoms with van der Waals surface area (Å²) >= 11 is 0. The largest absolute Gasteiger partial charge is 0.462 e. The van der Waals surface area contributed by atoms with Gasteiger partial charge in [-0.1, -0.05) is 51.5 Å². The average Bonchev–Trinajstić information content (AvgIpc) is 2.39. The van der Waals surface area contributed by atoms with Crippen molar-refractivity contribution in [3.63, 3.8) is 0 Å². The van der Waals surface area contributed by atoms with Crippen molar-refractivity contribution in [2.24, 2.45) is 39.4 Å².